The van der Waals surface area contributed by atoms with E-state index >= 15 is 0 Å². The van der Waals surface area contributed by atoms with Crippen molar-refractivity contribution < 1.29 is 8.42 Å². The van der Waals surface area contributed by atoms with Gasteiger partial charge >= 0.3 is 0 Å². The predicted octanol–water partition coefficient (Wildman–Crippen LogP) is -0.714. The maximum Gasteiger partial charge on any atom is 0.267 e. The van der Waals surface area contributed by atoms with E-state index in [9.17, 15) is 8.42 Å². The van der Waals surface area contributed by atoms with E-state index < -0.39 is 10.0 Å². The van der Waals surface area contributed by atoms with Crippen LogP contribution in [0, 0.1) is 0 Å². The molecule has 2 aromatic rings. The van der Waals surface area contributed by atoms with Crippen molar-refractivity contribution in [1.82, 2.24) is 19.9 Å². The number of hydrazine groups is 1. The van der Waals surface area contributed by atoms with Crippen LogP contribution in [0.2, 0.25) is 0 Å². The molecule has 5 N–H and O–H groups in total. The zero-order valence-corrected chi connectivity index (χ0v) is 9.27. The molecule has 2 rings (SSSR count). The Morgan fingerprint density at radius 2 is 1.94 bits per heavy atom. The molecule has 0 spiro atoms. The third-order valence-corrected chi connectivity index (χ3v) is 3.09. The highest BCUT2D eigenvalue weighted by molar-refractivity contribution is 7.92. The van der Waals surface area contributed by atoms with Crippen LogP contribution in [0.3, 0.4) is 0 Å². The first-order valence-electron chi connectivity index (χ1n) is 4.43. The van der Waals surface area contributed by atoms with Crippen molar-refractivity contribution in [3.05, 3.63) is 24.8 Å². The van der Waals surface area contributed by atoms with Crippen LogP contribution in [0.1, 0.15) is 0 Å². The lowest BCUT2D eigenvalue weighted by Gasteiger charge is -2.04. The number of hydrogen-bond acceptors (Lipinski definition) is 7. The zero-order valence-electron chi connectivity index (χ0n) is 8.45. The smallest absolute Gasteiger partial charge is 0.267 e. The Labute approximate surface area is 96.5 Å². The van der Waals surface area contributed by atoms with E-state index in [1.807, 2.05) is 0 Å². The van der Waals surface area contributed by atoms with E-state index in [0.29, 0.717) is 0 Å². The normalized spacial score (nSPS) is 11.1. The van der Waals surface area contributed by atoms with Crippen LogP contribution >= 0.6 is 0 Å². The topological polar surface area (TPSA) is 139 Å². The number of anilines is 2. The largest absolute Gasteiger partial charge is 0.330 e. The zero-order chi connectivity index (χ0) is 12.3. The minimum absolute atomic E-state index is 0.0899. The molecule has 17 heavy (non-hydrogen) atoms. The number of aromatic nitrogens is 4. The quantitative estimate of drug-likeness (QED) is 0.418. The second-order valence-corrected chi connectivity index (χ2v) is 4.61. The molecule has 0 fully saturated rings. The standard InChI is InChI=1S/C7H9N7O2S/c8-13-6-11-3-5(4-12-6)17(15,16)14-7-9-1-2-10-7/h1-4H,8H2,(H2,9,10,14)(H,11,12,13). The first-order chi connectivity index (χ1) is 8.12. The van der Waals surface area contributed by atoms with Crippen molar-refractivity contribution in [2.45, 2.75) is 4.90 Å². The Balaban J connectivity index is 2.25. The fourth-order valence-electron chi connectivity index (χ4n) is 1.04. The fourth-order valence-corrected chi connectivity index (χ4v) is 1.90. The number of imidazole rings is 1. The van der Waals surface area contributed by atoms with Crippen LogP contribution in [0.5, 0.6) is 0 Å². The molecule has 0 aliphatic rings. The van der Waals surface area contributed by atoms with E-state index in [0.717, 1.165) is 12.4 Å². The van der Waals surface area contributed by atoms with Crippen LogP contribution in [0.25, 0.3) is 0 Å². The first-order valence-corrected chi connectivity index (χ1v) is 5.91. The second kappa shape index (κ2) is 4.35. The summed E-state index contributed by atoms with van der Waals surface area (Å²) in [6, 6.07) is 0. The summed E-state index contributed by atoms with van der Waals surface area (Å²) in [5, 5.41) is 0. The number of H-pyrrole nitrogens is 1. The predicted molar refractivity (Wildman–Crippen MR) is 59.2 cm³/mol. The molecule has 0 saturated carbocycles. The highest BCUT2D eigenvalue weighted by Gasteiger charge is 2.16. The van der Waals surface area contributed by atoms with Gasteiger partial charge in [0.1, 0.15) is 4.90 Å². The molecule has 90 valence electrons. The number of nitrogen functional groups attached to an aromatic ring is 1. The Morgan fingerprint density at radius 3 is 2.47 bits per heavy atom. The van der Waals surface area contributed by atoms with Gasteiger partial charge in [0.25, 0.3) is 10.0 Å². The maximum absolute atomic E-state index is 11.8. The van der Waals surface area contributed by atoms with Gasteiger partial charge in [-0.05, 0) is 0 Å². The summed E-state index contributed by atoms with van der Waals surface area (Å²) in [6.45, 7) is 0. The fraction of sp³-hybridized carbons (Fsp3) is 0. The summed E-state index contributed by atoms with van der Waals surface area (Å²) in [7, 11) is -3.75. The van der Waals surface area contributed by atoms with E-state index in [-0.39, 0.29) is 16.8 Å². The molecular formula is C7H9N7O2S. The van der Waals surface area contributed by atoms with Crippen molar-refractivity contribution in [2.24, 2.45) is 5.84 Å². The van der Waals surface area contributed by atoms with Crippen molar-refractivity contribution in [2.75, 3.05) is 10.1 Å². The summed E-state index contributed by atoms with van der Waals surface area (Å²) >= 11 is 0. The molecule has 10 heteroatoms. The van der Waals surface area contributed by atoms with Crippen LogP contribution in [-0.4, -0.2) is 28.4 Å². The number of nitrogens with two attached hydrogens (primary N) is 1. The lowest BCUT2D eigenvalue weighted by atomic mass is 10.7. The molecule has 0 bridgehead atoms. The highest BCUT2D eigenvalue weighted by atomic mass is 32.2. The number of aromatic amines is 1. The van der Waals surface area contributed by atoms with E-state index in [1.165, 1.54) is 12.4 Å². The first kappa shape index (κ1) is 11.3. The molecule has 9 nitrogen and oxygen atoms in total. The monoisotopic (exact) mass is 255 g/mol. The van der Waals surface area contributed by atoms with Gasteiger partial charge in [0.15, 0.2) is 0 Å². The average molecular weight is 255 g/mol. The molecule has 0 radical (unpaired) electrons. The van der Waals surface area contributed by atoms with Gasteiger partial charge in [-0.2, -0.15) is 0 Å². The molecule has 2 heterocycles. The Bertz CT molecular complexity index is 577. The van der Waals surface area contributed by atoms with Crippen LogP contribution in [0.15, 0.2) is 29.7 Å². The molecule has 0 aromatic carbocycles. The Kier molecular flexibility index (Phi) is 2.89. The van der Waals surface area contributed by atoms with E-state index in [1.54, 1.807) is 0 Å². The second-order valence-electron chi connectivity index (χ2n) is 2.93. The van der Waals surface area contributed by atoms with Crippen LogP contribution in [0.4, 0.5) is 11.9 Å². The molecule has 0 aliphatic heterocycles. The number of rotatable bonds is 4. The van der Waals surface area contributed by atoms with Gasteiger partial charge < -0.3 is 4.98 Å². The number of hydrogen-bond donors (Lipinski definition) is 4. The van der Waals surface area contributed by atoms with E-state index in [4.69, 9.17) is 5.84 Å². The third-order valence-electron chi connectivity index (χ3n) is 1.80. The summed E-state index contributed by atoms with van der Waals surface area (Å²) in [4.78, 5) is 13.7. The molecule has 0 atom stereocenters. The van der Waals surface area contributed by atoms with E-state index in [2.05, 4.69) is 30.1 Å². The third kappa shape index (κ3) is 2.49. The van der Waals surface area contributed by atoms with Gasteiger partial charge in [-0.3, -0.25) is 5.43 Å². The number of sulfonamides is 1. The van der Waals surface area contributed by atoms with Crippen molar-refractivity contribution >= 4 is 21.9 Å². The molecule has 2 aromatic heterocycles. The molecular weight excluding hydrogens is 246 g/mol. The van der Waals surface area contributed by atoms with Gasteiger partial charge in [-0.25, -0.2) is 33.9 Å². The molecule has 0 amide bonds. The minimum atomic E-state index is -3.75. The highest BCUT2D eigenvalue weighted by Crippen LogP contribution is 2.11. The summed E-state index contributed by atoms with van der Waals surface area (Å²) in [5.74, 6) is 5.31. The Hall–Kier alpha value is -2.20. The lowest BCUT2D eigenvalue weighted by Crippen LogP contribution is -2.16. The molecule has 0 aliphatic carbocycles. The number of nitrogens with one attached hydrogen (secondary N) is 3. The molecule has 0 saturated heterocycles. The number of nitrogens with zero attached hydrogens (tertiary/aromatic N) is 3. The van der Waals surface area contributed by atoms with Gasteiger partial charge in [-0.15, -0.1) is 0 Å². The molecule has 0 unspecified atom stereocenters. The summed E-state index contributed by atoms with van der Waals surface area (Å²) < 4.78 is 25.8. The van der Waals surface area contributed by atoms with Crippen molar-refractivity contribution in [1.29, 1.82) is 0 Å². The van der Waals surface area contributed by atoms with Crippen molar-refractivity contribution in [3.8, 4) is 0 Å². The summed E-state index contributed by atoms with van der Waals surface area (Å²) in [6.07, 6.45) is 5.19. The SMILES string of the molecule is NNc1ncc(S(=O)(=O)Nc2ncc[nH]2)cn1. The van der Waals surface area contributed by atoms with Crippen LogP contribution < -0.4 is 16.0 Å². The summed E-state index contributed by atoms with van der Waals surface area (Å²) in [5.41, 5.74) is 2.20. The van der Waals surface area contributed by atoms with Gasteiger partial charge in [0.2, 0.25) is 11.9 Å². The van der Waals surface area contributed by atoms with Crippen molar-refractivity contribution in [3.63, 3.8) is 0 Å². The van der Waals surface area contributed by atoms with Gasteiger partial charge in [0.05, 0.1) is 12.4 Å². The van der Waals surface area contributed by atoms with Crippen LogP contribution in [-0.2, 0) is 10.0 Å². The Morgan fingerprint density at radius 1 is 1.24 bits per heavy atom. The lowest BCUT2D eigenvalue weighted by molar-refractivity contribution is 0.600. The average Bonchev–Trinajstić information content (AvgIpc) is 2.81. The minimum Gasteiger partial charge on any atom is -0.330 e. The van der Waals surface area contributed by atoms with Gasteiger partial charge in [0, 0.05) is 12.4 Å². The van der Waals surface area contributed by atoms with Gasteiger partial charge in [-0.1, -0.05) is 0 Å². The maximum atomic E-state index is 11.8.